The van der Waals surface area contributed by atoms with Crippen molar-refractivity contribution in [2.45, 2.75) is 31.6 Å². The summed E-state index contributed by atoms with van der Waals surface area (Å²) < 4.78 is 5.50. The Bertz CT molecular complexity index is 1020. The number of aromatic nitrogens is 3. The third-order valence-electron chi connectivity index (χ3n) is 6.06. The van der Waals surface area contributed by atoms with E-state index in [0.29, 0.717) is 30.5 Å². The van der Waals surface area contributed by atoms with Gasteiger partial charge in [0.05, 0.1) is 11.4 Å². The molecule has 8 heteroatoms. The summed E-state index contributed by atoms with van der Waals surface area (Å²) in [6.07, 6.45) is 5.71. The Kier molecular flexibility index (Phi) is 5.52. The smallest absolute Gasteiger partial charge is 0.321 e. The fraction of sp³-hybridized carbons (Fsp3) is 0.391. The highest BCUT2D eigenvalue weighted by molar-refractivity contribution is 5.93. The second kappa shape index (κ2) is 8.75. The molecule has 2 saturated heterocycles. The number of benzene rings is 1. The number of pyridine rings is 1. The van der Waals surface area contributed by atoms with Gasteiger partial charge in [0.1, 0.15) is 5.69 Å². The van der Waals surface area contributed by atoms with Crippen molar-refractivity contribution >= 4 is 17.4 Å². The lowest BCUT2D eigenvalue weighted by Crippen LogP contribution is -2.40. The average Bonchev–Trinajstić information content (AvgIpc) is 3.53. The standard InChI is InChI=1S/C23H26N6O2/c30-23(25-18-7-1-2-9-20(18)28-13-5-6-14-28)29-15-10-17(11-16-29)22-26-21(27-31-22)19-8-3-4-12-24-19/h1-4,7-9,12,17H,5-6,10-11,13-16H2,(H,25,30). The van der Waals surface area contributed by atoms with Crippen molar-refractivity contribution in [2.75, 3.05) is 36.4 Å². The minimum absolute atomic E-state index is 0.0511. The van der Waals surface area contributed by atoms with Crippen molar-refractivity contribution in [3.63, 3.8) is 0 Å². The number of para-hydroxylation sites is 2. The topological polar surface area (TPSA) is 87.4 Å². The third-order valence-corrected chi connectivity index (χ3v) is 6.06. The number of urea groups is 1. The summed E-state index contributed by atoms with van der Waals surface area (Å²) in [6.45, 7) is 3.40. The number of carbonyl (C=O) groups is 1. The molecule has 1 N–H and O–H groups in total. The van der Waals surface area contributed by atoms with Crippen LogP contribution in [0.25, 0.3) is 11.5 Å². The SMILES string of the molecule is O=C(Nc1ccccc1N1CCCC1)N1CCC(c2nc(-c3ccccn3)no2)CC1. The van der Waals surface area contributed by atoms with E-state index in [0.717, 1.165) is 37.3 Å². The summed E-state index contributed by atoms with van der Waals surface area (Å²) in [5.41, 5.74) is 2.69. The van der Waals surface area contributed by atoms with Crippen LogP contribution < -0.4 is 10.2 Å². The van der Waals surface area contributed by atoms with E-state index in [1.54, 1.807) is 6.20 Å². The maximum atomic E-state index is 12.9. The molecule has 2 aromatic heterocycles. The second-order valence-corrected chi connectivity index (χ2v) is 8.07. The van der Waals surface area contributed by atoms with Gasteiger partial charge in [0.15, 0.2) is 0 Å². The molecule has 1 aromatic carbocycles. The first-order valence-corrected chi connectivity index (χ1v) is 10.9. The van der Waals surface area contributed by atoms with Gasteiger partial charge in [0, 0.05) is 38.3 Å². The number of nitrogens with one attached hydrogen (secondary N) is 1. The molecule has 8 nitrogen and oxygen atoms in total. The zero-order valence-corrected chi connectivity index (χ0v) is 17.4. The van der Waals surface area contributed by atoms with E-state index in [2.05, 4.69) is 31.4 Å². The largest absolute Gasteiger partial charge is 0.370 e. The number of anilines is 2. The molecule has 31 heavy (non-hydrogen) atoms. The molecule has 0 aliphatic carbocycles. The molecule has 0 radical (unpaired) electrons. The Balaban J connectivity index is 1.20. The Labute approximate surface area is 181 Å². The zero-order valence-electron chi connectivity index (χ0n) is 17.4. The van der Waals surface area contributed by atoms with Crippen molar-refractivity contribution in [3.8, 4) is 11.5 Å². The van der Waals surface area contributed by atoms with Crippen LogP contribution in [-0.2, 0) is 0 Å². The van der Waals surface area contributed by atoms with Crippen LogP contribution >= 0.6 is 0 Å². The summed E-state index contributed by atoms with van der Waals surface area (Å²) >= 11 is 0. The van der Waals surface area contributed by atoms with Gasteiger partial charge in [-0.25, -0.2) is 4.79 Å². The van der Waals surface area contributed by atoms with Crippen LogP contribution in [0, 0.1) is 0 Å². The van der Waals surface area contributed by atoms with Crippen molar-refractivity contribution in [3.05, 3.63) is 54.6 Å². The highest BCUT2D eigenvalue weighted by atomic mass is 16.5. The molecule has 2 amide bonds. The number of likely N-dealkylation sites (tertiary alicyclic amines) is 1. The van der Waals surface area contributed by atoms with Gasteiger partial charge in [-0.15, -0.1) is 0 Å². The van der Waals surface area contributed by atoms with Crippen LogP contribution in [-0.4, -0.2) is 52.2 Å². The quantitative estimate of drug-likeness (QED) is 0.685. The first-order chi connectivity index (χ1) is 15.3. The van der Waals surface area contributed by atoms with Gasteiger partial charge in [-0.05, 0) is 49.9 Å². The van der Waals surface area contributed by atoms with E-state index >= 15 is 0 Å². The molecule has 0 spiro atoms. The highest BCUT2D eigenvalue weighted by Crippen LogP contribution is 2.31. The fourth-order valence-electron chi connectivity index (χ4n) is 4.34. The summed E-state index contributed by atoms with van der Waals surface area (Å²) in [6, 6.07) is 13.6. The molecule has 2 fully saturated rings. The van der Waals surface area contributed by atoms with Gasteiger partial charge >= 0.3 is 6.03 Å². The first-order valence-electron chi connectivity index (χ1n) is 10.9. The van der Waals surface area contributed by atoms with Gasteiger partial charge in [0.2, 0.25) is 11.7 Å². The first kappa shape index (κ1) is 19.5. The second-order valence-electron chi connectivity index (χ2n) is 8.07. The third kappa shape index (κ3) is 4.23. The predicted octanol–water partition coefficient (Wildman–Crippen LogP) is 4.14. The van der Waals surface area contributed by atoms with E-state index in [-0.39, 0.29) is 11.9 Å². The van der Waals surface area contributed by atoms with Gasteiger partial charge in [-0.1, -0.05) is 23.4 Å². The van der Waals surface area contributed by atoms with Gasteiger partial charge in [-0.2, -0.15) is 4.98 Å². The van der Waals surface area contributed by atoms with Crippen molar-refractivity contribution < 1.29 is 9.32 Å². The molecule has 0 bridgehead atoms. The van der Waals surface area contributed by atoms with Crippen LogP contribution in [0.3, 0.4) is 0 Å². The minimum atomic E-state index is -0.0511. The highest BCUT2D eigenvalue weighted by Gasteiger charge is 2.28. The minimum Gasteiger partial charge on any atom is -0.370 e. The molecule has 0 saturated carbocycles. The molecule has 2 aliphatic rings. The van der Waals surface area contributed by atoms with Crippen molar-refractivity contribution in [1.29, 1.82) is 0 Å². The van der Waals surface area contributed by atoms with E-state index in [4.69, 9.17) is 4.52 Å². The molecule has 0 atom stereocenters. The normalized spacial score (nSPS) is 17.2. The number of amides is 2. The van der Waals surface area contributed by atoms with Crippen LogP contribution in [0.2, 0.25) is 0 Å². The molecule has 5 rings (SSSR count). The maximum absolute atomic E-state index is 12.9. The summed E-state index contributed by atoms with van der Waals surface area (Å²) in [5.74, 6) is 1.29. The van der Waals surface area contributed by atoms with Crippen LogP contribution in [0.5, 0.6) is 0 Å². The van der Waals surface area contributed by atoms with E-state index < -0.39 is 0 Å². The average molecular weight is 419 g/mol. The fourth-order valence-corrected chi connectivity index (χ4v) is 4.34. The lowest BCUT2D eigenvalue weighted by atomic mass is 9.97. The lowest BCUT2D eigenvalue weighted by molar-refractivity contribution is 0.187. The maximum Gasteiger partial charge on any atom is 0.321 e. The predicted molar refractivity (Wildman–Crippen MR) is 118 cm³/mol. The molecule has 3 aromatic rings. The molecular weight excluding hydrogens is 392 g/mol. The monoisotopic (exact) mass is 418 g/mol. The number of nitrogens with zero attached hydrogens (tertiary/aromatic N) is 5. The number of rotatable bonds is 4. The molecule has 2 aliphatic heterocycles. The Morgan fingerprint density at radius 3 is 2.55 bits per heavy atom. The summed E-state index contributed by atoms with van der Waals surface area (Å²) in [7, 11) is 0. The number of hydrogen-bond donors (Lipinski definition) is 1. The van der Waals surface area contributed by atoms with Crippen LogP contribution in [0.1, 0.15) is 37.5 Å². The Hall–Kier alpha value is -3.42. The van der Waals surface area contributed by atoms with Gasteiger partial charge in [0.25, 0.3) is 0 Å². The molecule has 160 valence electrons. The van der Waals surface area contributed by atoms with E-state index in [1.165, 1.54) is 12.8 Å². The summed E-state index contributed by atoms with van der Waals surface area (Å²) in [4.78, 5) is 25.9. The zero-order chi connectivity index (χ0) is 21.0. The van der Waals surface area contributed by atoms with Crippen LogP contribution in [0.15, 0.2) is 53.2 Å². The lowest BCUT2D eigenvalue weighted by Gasteiger charge is -2.31. The van der Waals surface area contributed by atoms with E-state index in [1.807, 2.05) is 41.3 Å². The molecular formula is C23H26N6O2. The van der Waals surface area contributed by atoms with Crippen molar-refractivity contribution in [1.82, 2.24) is 20.0 Å². The van der Waals surface area contributed by atoms with Crippen molar-refractivity contribution in [2.24, 2.45) is 0 Å². The van der Waals surface area contributed by atoms with E-state index in [9.17, 15) is 4.79 Å². The Morgan fingerprint density at radius 1 is 1.00 bits per heavy atom. The molecule has 0 unspecified atom stereocenters. The molecule has 4 heterocycles. The van der Waals surface area contributed by atoms with Crippen LogP contribution in [0.4, 0.5) is 16.2 Å². The Morgan fingerprint density at radius 2 is 1.77 bits per heavy atom. The number of carbonyl (C=O) groups excluding carboxylic acids is 1. The summed E-state index contributed by atoms with van der Waals surface area (Å²) in [5, 5.41) is 7.20. The number of piperidine rings is 1. The van der Waals surface area contributed by atoms with Gasteiger partial charge < -0.3 is 19.6 Å². The van der Waals surface area contributed by atoms with Gasteiger partial charge in [-0.3, -0.25) is 4.98 Å². The number of hydrogen-bond acceptors (Lipinski definition) is 6.